The van der Waals surface area contributed by atoms with Crippen molar-refractivity contribution >= 4 is 10.8 Å². The average Bonchev–Trinajstić information content (AvgIpc) is 2.35. The molecule has 0 bridgehead atoms. The van der Waals surface area contributed by atoms with Crippen LogP contribution in [-0.2, 0) is 0 Å². The van der Waals surface area contributed by atoms with Gasteiger partial charge in [-0.05, 0) is 22.8 Å². The Morgan fingerprint density at radius 3 is 2.50 bits per heavy atom. The molecule has 0 spiro atoms. The highest BCUT2D eigenvalue weighted by molar-refractivity contribution is 5.86. The van der Waals surface area contributed by atoms with Crippen molar-refractivity contribution in [1.82, 2.24) is 0 Å². The highest BCUT2D eigenvalue weighted by Gasteiger charge is 2.08. The molecule has 0 aromatic heterocycles. The van der Waals surface area contributed by atoms with Gasteiger partial charge in [-0.1, -0.05) is 54.6 Å². The smallest absolute Gasteiger partial charge is 0.00558 e. The molecule has 0 N–H and O–H groups in total. The number of allylic oxidation sites excluding steroid dienone is 2. The zero-order chi connectivity index (χ0) is 11.4. The van der Waals surface area contributed by atoms with Crippen molar-refractivity contribution in [3.8, 4) is 0 Å². The predicted molar refractivity (Wildman–Crippen MR) is 71.7 cm³/mol. The van der Waals surface area contributed by atoms with Gasteiger partial charge in [-0.25, -0.2) is 0 Å². The summed E-state index contributed by atoms with van der Waals surface area (Å²) in [6.45, 7) is 7.72. The van der Waals surface area contributed by atoms with Gasteiger partial charge in [0.1, 0.15) is 0 Å². The van der Waals surface area contributed by atoms with Gasteiger partial charge in [0.15, 0.2) is 0 Å². The van der Waals surface area contributed by atoms with Crippen LogP contribution >= 0.6 is 0 Å². The van der Waals surface area contributed by atoms with Gasteiger partial charge in [-0.3, -0.25) is 0 Å². The largest absolute Gasteiger partial charge is 0.103 e. The third-order valence-electron chi connectivity index (χ3n) is 2.93. The number of fused-ring (bicyclic) bond motifs is 1. The lowest BCUT2D eigenvalue weighted by molar-refractivity contribution is 0.876. The van der Waals surface area contributed by atoms with E-state index in [1.54, 1.807) is 0 Å². The standard InChI is InChI=1S/C16H16/c1-3-8-13(4-2)15-12-7-10-14-9-5-6-11-16(14)15/h3-7,9-13H,1-2,8H2. The maximum atomic E-state index is 3.92. The fourth-order valence-electron chi connectivity index (χ4n) is 2.10. The van der Waals surface area contributed by atoms with Crippen LogP contribution in [0.5, 0.6) is 0 Å². The van der Waals surface area contributed by atoms with Crippen molar-refractivity contribution in [2.75, 3.05) is 0 Å². The summed E-state index contributed by atoms with van der Waals surface area (Å²) in [5.74, 6) is 0.364. The Morgan fingerprint density at radius 2 is 1.75 bits per heavy atom. The van der Waals surface area contributed by atoms with Crippen LogP contribution in [0.15, 0.2) is 67.8 Å². The summed E-state index contributed by atoms with van der Waals surface area (Å²) in [6.07, 6.45) is 4.90. The summed E-state index contributed by atoms with van der Waals surface area (Å²) in [6, 6.07) is 14.9. The second-order valence-corrected chi connectivity index (χ2v) is 3.93. The molecule has 2 rings (SSSR count). The van der Waals surface area contributed by atoms with E-state index < -0.39 is 0 Å². The molecule has 80 valence electrons. The molecule has 0 aliphatic rings. The van der Waals surface area contributed by atoms with Gasteiger partial charge in [-0.15, -0.1) is 13.2 Å². The summed E-state index contributed by atoms with van der Waals surface area (Å²) in [4.78, 5) is 0. The first-order valence-corrected chi connectivity index (χ1v) is 5.58. The molecule has 0 aliphatic heterocycles. The molecule has 1 unspecified atom stereocenters. The lowest BCUT2D eigenvalue weighted by Crippen LogP contribution is -1.94. The van der Waals surface area contributed by atoms with Gasteiger partial charge in [0, 0.05) is 5.92 Å². The third-order valence-corrected chi connectivity index (χ3v) is 2.93. The maximum absolute atomic E-state index is 3.92. The quantitative estimate of drug-likeness (QED) is 0.640. The molecule has 16 heavy (non-hydrogen) atoms. The van der Waals surface area contributed by atoms with Crippen molar-refractivity contribution in [3.05, 3.63) is 73.3 Å². The molecular weight excluding hydrogens is 192 g/mol. The van der Waals surface area contributed by atoms with E-state index in [9.17, 15) is 0 Å². The van der Waals surface area contributed by atoms with E-state index in [-0.39, 0.29) is 0 Å². The molecule has 0 heterocycles. The molecule has 0 aliphatic carbocycles. The fourth-order valence-corrected chi connectivity index (χ4v) is 2.10. The topological polar surface area (TPSA) is 0 Å². The SMILES string of the molecule is C=CCC(C=C)c1cccc2ccccc12. The van der Waals surface area contributed by atoms with Crippen LogP contribution in [0.4, 0.5) is 0 Å². The summed E-state index contributed by atoms with van der Waals surface area (Å²) >= 11 is 0. The van der Waals surface area contributed by atoms with Crippen molar-refractivity contribution in [1.29, 1.82) is 0 Å². The molecule has 2 aromatic carbocycles. The zero-order valence-corrected chi connectivity index (χ0v) is 9.39. The molecule has 0 radical (unpaired) electrons. The average molecular weight is 208 g/mol. The minimum Gasteiger partial charge on any atom is -0.103 e. The Labute approximate surface area is 96.9 Å². The van der Waals surface area contributed by atoms with Crippen LogP contribution in [0.1, 0.15) is 17.9 Å². The van der Waals surface area contributed by atoms with E-state index in [0.29, 0.717) is 5.92 Å². The molecule has 0 amide bonds. The van der Waals surface area contributed by atoms with E-state index >= 15 is 0 Å². The van der Waals surface area contributed by atoms with E-state index in [2.05, 4.69) is 55.6 Å². The highest BCUT2D eigenvalue weighted by atomic mass is 14.1. The Balaban J connectivity index is 2.58. The van der Waals surface area contributed by atoms with E-state index in [0.717, 1.165) is 6.42 Å². The molecular formula is C16H16. The molecule has 0 heteroatoms. The van der Waals surface area contributed by atoms with E-state index in [4.69, 9.17) is 0 Å². The molecule has 0 fully saturated rings. The summed E-state index contributed by atoms with van der Waals surface area (Å²) in [5, 5.41) is 2.60. The predicted octanol–water partition coefficient (Wildman–Crippen LogP) is 4.69. The number of benzene rings is 2. The number of hydrogen-bond donors (Lipinski definition) is 0. The van der Waals surface area contributed by atoms with Crippen molar-refractivity contribution in [3.63, 3.8) is 0 Å². The summed E-state index contributed by atoms with van der Waals surface area (Å²) in [5.41, 5.74) is 1.34. The van der Waals surface area contributed by atoms with E-state index in [1.807, 2.05) is 12.2 Å². The van der Waals surface area contributed by atoms with Crippen molar-refractivity contribution < 1.29 is 0 Å². The monoisotopic (exact) mass is 208 g/mol. The molecule has 2 aromatic rings. The Morgan fingerprint density at radius 1 is 1.00 bits per heavy atom. The molecule has 0 saturated heterocycles. The zero-order valence-electron chi connectivity index (χ0n) is 9.39. The minimum atomic E-state index is 0.364. The second kappa shape index (κ2) is 4.80. The van der Waals surface area contributed by atoms with Crippen LogP contribution in [0, 0.1) is 0 Å². The van der Waals surface area contributed by atoms with Crippen molar-refractivity contribution in [2.24, 2.45) is 0 Å². The second-order valence-electron chi connectivity index (χ2n) is 3.93. The first-order chi connectivity index (χ1) is 7.86. The van der Waals surface area contributed by atoms with Crippen LogP contribution in [0.25, 0.3) is 10.8 Å². The Bertz CT molecular complexity index is 503. The van der Waals surface area contributed by atoms with Crippen molar-refractivity contribution in [2.45, 2.75) is 12.3 Å². The van der Waals surface area contributed by atoms with Crippen LogP contribution < -0.4 is 0 Å². The first kappa shape index (κ1) is 10.7. The number of rotatable bonds is 4. The minimum absolute atomic E-state index is 0.364. The highest BCUT2D eigenvalue weighted by Crippen LogP contribution is 2.28. The lowest BCUT2D eigenvalue weighted by Gasteiger charge is -2.13. The molecule has 0 nitrogen and oxygen atoms in total. The lowest BCUT2D eigenvalue weighted by atomic mass is 9.91. The number of hydrogen-bond acceptors (Lipinski definition) is 0. The van der Waals surface area contributed by atoms with Gasteiger partial charge in [-0.2, -0.15) is 0 Å². The normalized spacial score (nSPS) is 12.2. The summed E-state index contributed by atoms with van der Waals surface area (Å²) in [7, 11) is 0. The third kappa shape index (κ3) is 1.92. The molecule has 1 atom stereocenters. The Kier molecular flexibility index (Phi) is 3.21. The van der Waals surface area contributed by atoms with Gasteiger partial charge in [0.2, 0.25) is 0 Å². The maximum Gasteiger partial charge on any atom is 0.00558 e. The van der Waals surface area contributed by atoms with Crippen LogP contribution in [0.3, 0.4) is 0 Å². The van der Waals surface area contributed by atoms with Crippen LogP contribution in [-0.4, -0.2) is 0 Å². The van der Waals surface area contributed by atoms with E-state index in [1.165, 1.54) is 16.3 Å². The van der Waals surface area contributed by atoms with Gasteiger partial charge >= 0.3 is 0 Å². The van der Waals surface area contributed by atoms with Gasteiger partial charge in [0.25, 0.3) is 0 Å². The summed E-state index contributed by atoms with van der Waals surface area (Å²) < 4.78 is 0. The van der Waals surface area contributed by atoms with Gasteiger partial charge < -0.3 is 0 Å². The van der Waals surface area contributed by atoms with Gasteiger partial charge in [0.05, 0.1) is 0 Å². The molecule has 0 saturated carbocycles. The van der Waals surface area contributed by atoms with Crippen LogP contribution in [0.2, 0.25) is 0 Å². The first-order valence-electron chi connectivity index (χ1n) is 5.58. The fraction of sp³-hybridized carbons (Fsp3) is 0.125. The Hall–Kier alpha value is -1.82.